The molecule has 0 unspecified atom stereocenters. The van der Waals surface area contributed by atoms with Crippen molar-refractivity contribution in [3.05, 3.63) is 48.2 Å². The molecule has 5 heteroatoms. The van der Waals surface area contributed by atoms with Gasteiger partial charge in [-0.15, -0.1) is 0 Å². The quantitative estimate of drug-likeness (QED) is 0.704. The number of pyridine rings is 1. The van der Waals surface area contributed by atoms with E-state index in [1.807, 2.05) is 38.2 Å². The standard InChI is InChI=1S/C22H24N2O3/c1-14-4-6-16-17(8-14)21(24-11-22(2,3)12-25)23-10-18(16)15-5-7-19-20(9-15)27-13-26-19/h4-10,25H,11-13H2,1-3H3,(H,23,24). The summed E-state index contributed by atoms with van der Waals surface area (Å²) in [4.78, 5) is 4.69. The van der Waals surface area contributed by atoms with Gasteiger partial charge in [-0.25, -0.2) is 4.98 Å². The lowest BCUT2D eigenvalue weighted by Gasteiger charge is -2.23. The molecule has 0 fully saturated rings. The summed E-state index contributed by atoms with van der Waals surface area (Å²) >= 11 is 0. The van der Waals surface area contributed by atoms with Crippen LogP contribution in [0.2, 0.25) is 0 Å². The Labute approximate surface area is 159 Å². The van der Waals surface area contributed by atoms with E-state index in [4.69, 9.17) is 14.5 Å². The van der Waals surface area contributed by atoms with E-state index >= 15 is 0 Å². The Morgan fingerprint density at radius 1 is 1.07 bits per heavy atom. The highest BCUT2D eigenvalue weighted by atomic mass is 16.7. The highest BCUT2D eigenvalue weighted by Crippen LogP contribution is 2.39. The second kappa shape index (κ2) is 6.74. The van der Waals surface area contributed by atoms with Crippen LogP contribution >= 0.6 is 0 Å². The van der Waals surface area contributed by atoms with Crippen molar-refractivity contribution in [1.29, 1.82) is 0 Å². The molecule has 4 rings (SSSR count). The maximum Gasteiger partial charge on any atom is 0.231 e. The van der Waals surface area contributed by atoms with Crippen molar-refractivity contribution in [1.82, 2.24) is 4.98 Å². The summed E-state index contributed by atoms with van der Waals surface area (Å²) in [6.45, 7) is 7.15. The van der Waals surface area contributed by atoms with Gasteiger partial charge in [0.15, 0.2) is 11.5 Å². The third-order valence-electron chi connectivity index (χ3n) is 4.89. The van der Waals surface area contributed by atoms with Gasteiger partial charge >= 0.3 is 0 Å². The molecule has 1 aromatic heterocycles. The Balaban J connectivity index is 1.78. The van der Waals surface area contributed by atoms with E-state index in [-0.39, 0.29) is 18.8 Å². The molecule has 0 atom stereocenters. The lowest BCUT2D eigenvalue weighted by molar-refractivity contribution is 0.171. The third kappa shape index (κ3) is 3.43. The van der Waals surface area contributed by atoms with Crippen LogP contribution in [0, 0.1) is 12.3 Å². The van der Waals surface area contributed by atoms with Crippen LogP contribution in [-0.4, -0.2) is 30.0 Å². The fourth-order valence-corrected chi connectivity index (χ4v) is 3.17. The molecule has 0 aliphatic carbocycles. The normalized spacial score (nSPS) is 13.2. The van der Waals surface area contributed by atoms with Crippen molar-refractivity contribution in [3.63, 3.8) is 0 Å². The molecule has 0 radical (unpaired) electrons. The summed E-state index contributed by atoms with van der Waals surface area (Å²) in [6.07, 6.45) is 1.89. The number of anilines is 1. The second-order valence-corrected chi connectivity index (χ2v) is 7.81. The smallest absolute Gasteiger partial charge is 0.231 e. The topological polar surface area (TPSA) is 63.6 Å². The molecule has 0 amide bonds. The Morgan fingerprint density at radius 2 is 1.89 bits per heavy atom. The number of fused-ring (bicyclic) bond motifs is 2. The lowest BCUT2D eigenvalue weighted by atomic mass is 9.94. The highest BCUT2D eigenvalue weighted by molar-refractivity contribution is 6.02. The van der Waals surface area contributed by atoms with Crippen molar-refractivity contribution >= 4 is 16.6 Å². The van der Waals surface area contributed by atoms with Gasteiger partial charge in [0.1, 0.15) is 5.82 Å². The van der Waals surface area contributed by atoms with E-state index in [0.717, 1.165) is 39.2 Å². The molecule has 0 bridgehead atoms. The zero-order chi connectivity index (χ0) is 19.0. The number of ether oxygens (including phenoxy) is 2. The molecule has 27 heavy (non-hydrogen) atoms. The van der Waals surface area contributed by atoms with Gasteiger partial charge in [-0.05, 0) is 36.1 Å². The van der Waals surface area contributed by atoms with Gasteiger partial charge in [-0.2, -0.15) is 0 Å². The van der Waals surface area contributed by atoms with Gasteiger partial charge in [0.25, 0.3) is 0 Å². The van der Waals surface area contributed by atoms with E-state index in [2.05, 4.69) is 30.4 Å². The summed E-state index contributed by atoms with van der Waals surface area (Å²) < 4.78 is 10.9. The molecule has 3 aromatic rings. The van der Waals surface area contributed by atoms with E-state index in [0.29, 0.717) is 6.54 Å². The predicted molar refractivity (Wildman–Crippen MR) is 107 cm³/mol. The molecule has 0 spiro atoms. The van der Waals surface area contributed by atoms with Gasteiger partial charge in [0, 0.05) is 35.7 Å². The summed E-state index contributed by atoms with van der Waals surface area (Å²) in [5.41, 5.74) is 3.06. The monoisotopic (exact) mass is 364 g/mol. The maximum absolute atomic E-state index is 9.52. The largest absolute Gasteiger partial charge is 0.454 e. The molecule has 1 aliphatic heterocycles. The minimum atomic E-state index is -0.214. The molecule has 2 heterocycles. The zero-order valence-electron chi connectivity index (χ0n) is 15.9. The number of benzene rings is 2. The van der Waals surface area contributed by atoms with Crippen LogP contribution in [-0.2, 0) is 0 Å². The van der Waals surface area contributed by atoms with Gasteiger partial charge in [0.05, 0.1) is 0 Å². The number of aryl methyl sites for hydroxylation is 1. The number of hydrogen-bond acceptors (Lipinski definition) is 5. The van der Waals surface area contributed by atoms with Crippen LogP contribution in [0.3, 0.4) is 0 Å². The molecule has 0 saturated heterocycles. The van der Waals surface area contributed by atoms with Crippen LogP contribution < -0.4 is 14.8 Å². The Hall–Kier alpha value is -2.79. The van der Waals surface area contributed by atoms with Crippen LogP contribution in [0.15, 0.2) is 42.6 Å². The van der Waals surface area contributed by atoms with E-state index < -0.39 is 0 Å². The van der Waals surface area contributed by atoms with Crippen molar-refractivity contribution in [2.24, 2.45) is 5.41 Å². The van der Waals surface area contributed by atoms with Crippen LogP contribution in [0.25, 0.3) is 21.9 Å². The minimum Gasteiger partial charge on any atom is -0.454 e. The average molecular weight is 364 g/mol. The number of rotatable bonds is 5. The highest BCUT2D eigenvalue weighted by Gasteiger charge is 2.19. The molecular weight excluding hydrogens is 340 g/mol. The molecular formula is C22H24N2O3. The number of aliphatic hydroxyl groups excluding tert-OH is 1. The predicted octanol–water partition coefficient (Wildman–Crippen LogP) is 4.37. The average Bonchev–Trinajstić information content (AvgIpc) is 3.13. The van der Waals surface area contributed by atoms with Crippen molar-refractivity contribution in [3.8, 4) is 22.6 Å². The SMILES string of the molecule is Cc1ccc2c(-c3ccc4c(c3)OCO4)cnc(NCC(C)(C)CO)c2c1. The Bertz CT molecular complexity index is 998. The summed E-state index contributed by atoms with van der Waals surface area (Å²) in [6, 6.07) is 12.4. The van der Waals surface area contributed by atoms with Crippen LogP contribution in [0.4, 0.5) is 5.82 Å². The lowest BCUT2D eigenvalue weighted by Crippen LogP contribution is -2.27. The fourth-order valence-electron chi connectivity index (χ4n) is 3.17. The Morgan fingerprint density at radius 3 is 2.70 bits per heavy atom. The molecule has 2 N–H and O–H groups in total. The van der Waals surface area contributed by atoms with Crippen molar-refractivity contribution < 1.29 is 14.6 Å². The number of nitrogens with zero attached hydrogens (tertiary/aromatic N) is 1. The summed E-state index contributed by atoms with van der Waals surface area (Å²) in [5.74, 6) is 2.37. The van der Waals surface area contributed by atoms with E-state index in [1.54, 1.807) is 0 Å². The van der Waals surface area contributed by atoms with Gasteiger partial charge < -0.3 is 19.9 Å². The van der Waals surface area contributed by atoms with E-state index in [1.165, 1.54) is 5.56 Å². The van der Waals surface area contributed by atoms with Gasteiger partial charge in [-0.1, -0.05) is 37.6 Å². The third-order valence-corrected chi connectivity index (χ3v) is 4.89. The molecule has 140 valence electrons. The second-order valence-electron chi connectivity index (χ2n) is 7.81. The van der Waals surface area contributed by atoms with Crippen LogP contribution in [0.1, 0.15) is 19.4 Å². The number of aliphatic hydroxyl groups is 1. The zero-order valence-corrected chi connectivity index (χ0v) is 15.9. The first-order valence-electron chi connectivity index (χ1n) is 9.11. The van der Waals surface area contributed by atoms with Crippen LogP contribution in [0.5, 0.6) is 11.5 Å². The maximum atomic E-state index is 9.52. The first-order valence-corrected chi connectivity index (χ1v) is 9.11. The number of aromatic nitrogens is 1. The fraction of sp³-hybridized carbons (Fsp3) is 0.318. The number of nitrogens with one attached hydrogen (secondary N) is 1. The molecule has 0 saturated carbocycles. The first-order chi connectivity index (χ1) is 13.0. The van der Waals surface area contributed by atoms with Gasteiger partial charge in [-0.3, -0.25) is 0 Å². The Kier molecular flexibility index (Phi) is 4.40. The number of hydrogen-bond donors (Lipinski definition) is 2. The molecule has 1 aliphatic rings. The van der Waals surface area contributed by atoms with Crippen molar-refractivity contribution in [2.75, 3.05) is 25.3 Å². The first kappa shape index (κ1) is 17.6. The summed E-state index contributed by atoms with van der Waals surface area (Å²) in [7, 11) is 0. The summed E-state index contributed by atoms with van der Waals surface area (Å²) in [5, 5.41) is 15.1. The molecule has 5 nitrogen and oxygen atoms in total. The van der Waals surface area contributed by atoms with Gasteiger partial charge in [0.2, 0.25) is 6.79 Å². The van der Waals surface area contributed by atoms with E-state index in [9.17, 15) is 5.11 Å². The molecule has 2 aromatic carbocycles. The minimum absolute atomic E-state index is 0.117. The van der Waals surface area contributed by atoms with Crippen molar-refractivity contribution in [2.45, 2.75) is 20.8 Å².